The summed E-state index contributed by atoms with van der Waals surface area (Å²) >= 11 is 3.42. The fraction of sp³-hybridized carbons (Fsp3) is 0.167. The minimum Gasteiger partial charge on any atom is -0.478 e. The first-order chi connectivity index (χ1) is 8.02. The van der Waals surface area contributed by atoms with E-state index >= 15 is 0 Å². The molecule has 0 aromatic carbocycles. The van der Waals surface area contributed by atoms with Gasteiger partial charge in [-0.15, -0.1) is 0 Å². The SMILES string of the molecule is Cc1cc(C(=O)O)c(C)n1-c1ccncc1Br. The van der Waals surface area contributed by atoms with E-state index in [0.29, 0.717) is 11.3 Å². The highest BCUT2D eigenvalue weighted by Crippen LogP contribution is 2.25. The van der Waals surface area contributed by atoms with Crippen molar-refractivity contribution in [2.24, 2.45) is 0 Å². The average Bonchev–Trinajstić information content (AvgIpc) is 2.56. The van der Waals surface area contributed by atoms with Crippen LogP contribution in [0.25, 0.3) is 5.69 Å². The highest BCUT2D eigenvalue weighted by molar-refractivity contribution is 9.10. The fourth-order valence-corrected chi connectivity index (χ4v) is 2.33. The Morgan fingerprint density at radius 2 is 2.18 bits per heavy atom. The third kappa shape index (κ3) is 1.98. The number of aryl methyl sites for hydroxylation is 1. The maximum absolute atomic E-state index is 11.1. The average molecular weight is 295 g/mol. The number of pyridine rings is 1. The van der Waals surface area contributed by atoms with Crippen molar-refractivity contribution in [3.63, 3.8) is 0 Å². The van der Waals surface area contributed by atoms with Crippen LogP contribution in [0.1, 0.15) is 21.7 Å². The summed E-state index contributed by atoms with van der Waals surface area (Å²) in [6.07, 6.45) is 3.37. The summed E-state index contributed by atoms with van der Waals surface area (Å²) in [5.74, 6) is -0.908. The van der Waals surface area contributed by atoms with Crippen molar-refractivity contribution in [2.75, 3.05) is 0 Å². The number of halogens is 1. The molecule has 88 valence electrons. The Balaban J connectivity index is 2.69. The lowest BCUT2D eigenvalue weighted by atomic mass is 10.2. The number of aromatic carboxylic acids is 1. The minimum absolute atomic E-state index is 0.325. The Morgan fingerprint density at radius 1 is 1.47 bits per heavy atom. The molecule has 1 N–H and O–H groups in total. The highest BCUT2D eigenvalue weighted by Gasteiger charge is 2.16. The van der Waals surface area contributed by atoms with Crippen molar-refractivity contribution < 1.29 is 9.90 Å². The van der Waals surface area contributed by atoms with Gasteiger partial charge in [-0.3, -0.25) is 4.98 Å². The van der Waals surface area contributed by atoms with Crippen LogP contribution in [0.15, 0.2) is 29.0 Å². The molecule has 0 saturated carbocycles. The minimum atomic E-state index is -0.908. The summed E-state index contributed by atoms with van der Waals surface area (Å²) in [5, 5.41) is 9.08. The Morgan fingerprint density at radius 3 is 2.71 bits per heavy atom. The number of carboxylic acid groups (broad SMARTS) is 1. The second-order valence-corrected chi connectivity index (χ2v) is 4.61. The van der Waals surface area contributed by atoms with Crippen LogP contribution in [0.2, 0.25) is 0 Å². The van der Waals surface area contributed by atoms with Gasteiger partial charge in [-0.25, -0.2) is 4.79 Å². The van der Waals surface area contributed by atoms with Gasteiger partial charge in [0.15, 0.2) is 0 Å². The van der Waals surface area contributed by atoms with E-state index in [1.807, 2.05) is 17.6 Å². The van der Waals surface area contributed by atoms with E-state index in [9.17, 15) is 4.79 Å². The summed E-state index contributed by atoms with van der Waals surface area (Å²) in [6, 6.07) is 3.51. The molecule has 0 bridgehead atoms. The predicted octanol–water partition coefficient (Wildman–Crippen LogP) is 2.95. The molecule has 4 nitrogen and oxygen atoms in total. The molecule has 0 saturated heterocycles. The molecule has 2 heterocycles. The van der Waals surface area contributed by atoms with Gasteiger partial charge in [0.2, 0.25) is 0 Å². The lowest BCUT2D eigenvalue weighted by Crippen LogP contribution is -2.03. The molecule has 5 heteroatoms. The lowest BCUT2D eigenvalue weighted by molar-refractivity contribution is 0.0696. The third-order valence-electron chi connectivity index (χ3n) is 2.65. The first kappa shape index (κ1) is 11.9. The molecule has 0 atom stereocenters. The van der Waals surface area contributed by atoms with Crippen LogP contribution >= 0.6 is 15.9 Å². The van der Waals surface area contributed by atoms with Gasteiger partial charge >= 0.3 is 5.97 Å². The molecule has 2 rings (SSSR count). The normalized spacial score (nSPS) is 10.5. The predicted molar refractivity (Wildman–Crippen MR) is 67.7 cm³/mol. The second kappa shape index (κ2) is 4.33. The number of aromatic nitrogens is 2. The Kier molecular flexibility index (Phi) is 3.02. The van der Waals surface area contributed by atoms with Gasteiger partial charge in [-0.05, 0) is 41.9 Å². The van der Waals surface area contributed by atoms with Crippen molar-refractivity contribution in [1.29, 1.82) is 0 Å². The van der Waals surface area contributed by atoms with Gasteiger partial charge < -0.3 is 9.67 Å². The van der Waals surface area contributed by atoms with E-state index in [1.165, 1.54) is 0 Å². The van der Waals surface area contributed by atoms with Crippen LogP contribution in [0, 0.1) is 13.8 Å². The van der Waals surface area contributed by atoms with Gasteiger partial charge in [-0.2, -0.15) is 0 Å². The zero-order valence-corrected chi connectivity index (χ0v) is 11.0. The molecule has 17 heavy (non-hydrogen) atoms. The first-order valence-corrected chi connectivity index (χ1v) is 5.83. The van der Waals surface area contributed by atoms with Crippen LogP contribution < -0.4 is 0 Å². The maximum atomic E-state index is 11.1. The lowest BCUT2D eigenvalue weighted by Gasteiger charge is -2.10. The van der Waals surface area contributed by atoms with Crippen LogP contribution in [0.4, 0.5) is 0 Å². The first-order valence-electron chi connectivity index (χ1n) is 5.04. The molecular weight excluding hydrogens is 284 g/mol. The second-order valence-electron chi connectivity index (χ2n) is 3.75. The van der Waals surface area contributed by atoms with Crippen LogP contribution in [-0.2, 0) is 0 Å². The number of carboxylic acids is 1. The topological polar surface area (TPSA) is 55.1 Å². The van der Waals surface area contributed by atoms with E-state index < -0.39 is 5.97 Å². The molecule has 0 aliphatic carbocycles. The number of hydrogen-bond acceptors (Lipinski definition) is 2. The third-order valence-corrected chi connectivity index (χ3v) is 3.26. The van der Waals surface area contributed by atoms with Gasteiger partial charge in [0, 0.05) is 23.8 Å². The van der Waals surface area contributed by atoms with E-state index in [2.05, 4.69) is 20.9 Å². The van der Waals surface area contributed by atoms with Crippen LogP contribution in [-0.4, -0.2) is 20.6 Å². The summed E-state index contributed by atoms with van der Waals surface area (Å²) in [4.78, 5) is 15.1. The maximum Gasteiger partial charge on any atom is 0.337 e. The largest absolute Gasteiger partial charge is 0.478 e. The quantitative estimate of drug-likeness (QED) is 0.926. The van der Waals surface area contributed by atoms with Crippen LogP contribution in [0.3, 0.4) is 0 Å². The Bertz CT molecular complexity index is 590. The summed E-state index contributed by atoms with van der Waals surface area (Å²) in [6.45, 7) is 3.68. The van der Waals surface area contributed by atoms with Crippen molar-refractivity contribution in [3.05, 3.63) is 46.0 Å². The van der Waals surface area contributed by atoms with Gasteiger partial charge in [0.1, 0.15) is 0 Å². The molecule has 0 aliphatic heterocycles. The molecular formula is C12H11BrN2O2. The molecule has 2 aromatic heterocycles. The Labute approximate surface area is 107 Å². The zero-order chi connectivity index (χ0) is 12.6. The highest BCUT2D eigenvalue weighted by atomic mass is 79.9. The van der Waals surface area contributed by atoms with Gasteiger partial charge in [0.05, 0.1) is 15.7 Å². The Hall–Kier alpha value is -1.62. The van der Waals surface area contributed by atoms with E-state index in [0.717, 1.165) is 15.9 Å². The monoisotopic (exact) mass is 294 g/mol. The fourth-order valence-electron chi connectivity index (χ4n) is 1.90. The number of rotatable bonds is 2. The number of carbonyl (C=O) groups is 1. The molecule has 2 aromatic rings. The molecule has 0 aliphatic rings. The number of nitrogens with zero attached hydrogens (tertiary/aromatic N) is 2. The standard InChI is InChI=1S/C12H11BrN2O2/c1-7-5-9(12(16)17)8(2)15(7)11-3-4-14-6-10(11)13/h3-6H,1-2H3,(H,16,17). The van der Waals surface area contributed by atoms with E-state index in [-0.39, 0.29) is 0 Å². The number of hydrogen-bond donors (Lipinski definition) is 1. The van der Waals surface area contributed by atoms with Crippen molar-refractivity contribution in [3.8, 4) is 5.69 Å². The molecule has 0 fully saturated rings. The summed E-state index contributed by atoms with van der Waals surface area (Å²) in [7, 11) is 0. The van der Waals surface area contributed by atoms with E-state index in [4.69, 9.17) is 5.11 Å². The molecule has 0 spiro atoms. The molecule has 0 radical (unpaired) electrons. The molecule has 0 amide bonds. The summed E-state index contributed by atoms with van der Waals surface area (Å²) < 4.78 is 2.73. The molecule has 0 unspecified atom stereocenters. The van der Waals surface area contributed by atoms with E-state index in [1.54, 1.807) is 25.4 Å². The van der Waals surface area contributed by atoms with Crippen LogP contribution in [0.5, 0.6) is 0 Å². The van der Waals surface area contributed by atoms with Crippen molar-refractivity contribution in [1.82, 2.24) is 9.55 Å². The van der Waals surface area contributed by atoms with Crippen molar-refractivity contribution in [2.45, 2.75) is 13.8 Å². The van der Waals surface area contributed by atoms with Gasteiger partial charge in [0.25, 0.3) is 0 Å². The van der Waals surface area contributed by atoms with Gasteiger partial charge in [-0.1, -0.05) is 0 Å². The van der Waals surface area contributed by atoms with Crippen molar-refractivity contribution >= 4 is 21.9 Å². The smallest absolute Gasteiger partial charge is 0.337 e. The zero-order valence-electron chi connectivity index (χ0n) is 9.44. The summed E-state index contributed by atoms with van der Waals surface area (Å²) in [5.41, 5.74) is 2.81.